The van der Waals surface area contributed by atoms with Crippen molar-refractivity contribution in [2.45, 2.75) is 39.3 Å². The highest BCUT2D eigenvalue weighted by atomic mass is 16.2. The number of carbonyl (C=O) groups excluding carboxylic acids is 1. The zero-order valence-electron chi connectivity index (χ0n) is 10.2. The Morgan fingerprint density at radius 2 is 2.31 bits per heavy atom. The van der Waals surface area contributed by atoms with Gasteiger partial charge in [0.05, 0.1) is 6.33 Å². The third-order valence-electron chi connectivity index (χ3n) is 2.59. The highest BCUT2D eigenvalue weighted by Gasteiger charge is 2.19. The molecule has 16 heavy (non-hydrogen) atoms. The number of rotatable bonds is 5. The molecule has 1 amide bonds. The monoisotopic (exact) mass is 224 g/mol. The fourth-order valence-electron chi connectivity index (χ4n) is 1.21. The summed E-state index contributed by atoms with van der Waals surface area (Å²) in [6.07, 6.45) is 4.22. The molecule has 0 radical (unpaired) electrons. The minimum Gasteiger partial charge on any atom is -0.346 e. The molecule has 0 spiro atoms. The Hall–Kier alpha value is -1.36. The van der Waals surface area contributed by atoms with Crippen molar-refractivity contribution in [1.82, 2.24) is 14.9 Å². The Morgan fingerprint density at radius 1 is 1.62 bits per heavy atom. The van der Waals surface area contributed by atoms with Crippen LogP contribution in [0.1, 0.15) is 37.7 Å². The Labute approximate surface area is 96.0 Å². The van der Waals surface area contributed by atoms with Gasteiger partial charge in [-0.3, -0.25) is 4.79 Å². The summed E-state index contributed by atoms with van der Waals surface area (Å²) in [7, 11) is 0. The first-order chi connectivity index (χ1) is 7.48. The zero-order valence-corrected chi connectivity index (χ0v) is 10.2. The third-order valence-corrected chi connectivity index (χ3v) is 2.59. The van der Waals surface area contributed by atoms with Crippen LogP contribution in [0.5, 0.6) is 0 Å². The average Bonchev–Trinajstić information content (AvgIpc) is 2.66. The van der Waals surface area contributed by atoms with Crippen LogP contribution in [0.4, 0.5) is 0 Å². The predicted octanol–water partition coefficient (Wildman–Crippen LogP) is 0.760. The minimum absolute atomic E-state index is 0.136. The molecule has 5 nitrogen and oxygen atoms in total. The fourth-order valence-corrected chi connectivity index (χ4v) is 1.21. The van der Waals surface area contributed by atoms with Crippen molar-refractivity contribution >= 4 is 5.91 Å². The summed E-state index contributed by atoms with van der Waals surface area (Å²) in [6, 6.07) is 0. The van der Waals surface area contributed by atoms with E-state index in [9.17, 15) is 4.79 Å². The number of amides is 1. The van der Waals surface area contributed by atoms with Gasteiger partial charge in [-0.25, -0.2) is 4.98 Å². The standard InChI is InChI=1S/C11H20N4O/c1-4-11(2,3)14-10(16)9-7-15(6-5-12)8-13-9/h7-8H,4-6,12H2,1-3H3,(H,14,16). The lowest BCUT2D eigenvalue weighted by Gasteiger charge is -2.23. The summed E-state index contributed by atoms with van der Waals surface area (Å²) in [5.41, 5.74) is 5.66. The summed E-state index contributed by atoms with van der Waals surface area (Å²) >= 11 is 0. The van der Waals surface area contributed by atoms with Crippen LogP contribution in [-0.2, 0) is 6.54 Å². The van der Waals surface area contributed by atoms with E-state index in [1.54, 1.807) is 12.5 Å². The summed E-state index contributed by atoms with van der Waals surface area (Å²) in [6.45, 7) is 7.23. The van der Waals surface area contributed by atoms with E-state index in [2.05, 4.69) is 10.3 Å². The molecule has 0 aliphatic carbocycles. The molecule has 5 heteroatoms. The highest BCUT2D eigenvalue weighted by molar-refractivity contribution is 5.92. The molecule has 0 atom stereocenters. The SMILES string of the molecule is CCC(C)(C)NC(=O)c1cn(CCN)cn1. The second-order valence-corrected chi connectivity index (χ2v) is 4.48. The van der Waals surface area contributed by atoms with Crippen LogP contribution >= 0.6 is 0 Å². The van der Waals surface area contributed by atoms with Gasteiger partial charge in [0.25, 0.3) is 5.91 Å². The number of nitrogens with two attached hydrogens (primary N) is 1. The van der Waals surface area contributed by atoms with Gasteiger partial charge >= 0.3 is 0 Å². The van der Waals surface area contributed by atoms with E-state index in [4.69, 9.17) is 5.73 Å². The Bertz CT molecular complexity index is 357. The largest absolute Gasteiger partial charge is 0.346 e. The maximum Gasteiger partial charge on any atom is 0.271 e. The number of hydrogen-bond donors (Lipinski definition) is 2. The van der Waals surface area contributed by atoms with Gasteiger partial charge in [0, 0.05) is 24.8 Å². The molecule has 0 saturated carbocycles. The maximum atomic E-state index is 11.8. The average molecular weight is 224 g/mol. The van der Waals surface area contributed by atoms with E-state index >= 15 is 0 Å². The molecular weight excluding hydrogens is 204 g/mol. The van der Waals surface area contributed by atoms with Crippen LogP contribution < -0.4 is 11.1 Å². The first-order valence-corrected chi connectivity index (χ1v) is 5.53. The maximum absolute atomic E-state index is 11.8. The van der Waals surface area contributed by atoms with Gasteiger partial charge in [-0.2, -0.15) is 0 Å². The highest BCUT2D eigenvalue weighted by Crippen LogP contribution is 2.08. The van der Waals surface area contributed by atoms with E-state index in [1.165, 1.54) is 0 Å². The number of aromatic nitrogens is 2. The van der Waals surface area contributed by atoms with Gasteiger partial charge in [-0.05, 0) is 20.3 Å². The van der Waals surface area contributed by atoms with Crippen molar-refractivity contribution in [1.29, 1.82) is 0 Å². The molecule has 3 N–H and O–H groups in total. The Kier molecular flexibility index (Phi) is 4.06. The van der Waals surface area contributed by atoms with Gasteiger partial charge in [0.2, 0.25) is 0 Å². The molecule has 1 aromatic heterocycles. The van der Waals surface area contributed by atoms with Gasteiger partial charge in [-0.1, -0.05) is 6.92 Å². The van der Waals surface area contributed by atoms with Gasteiger partial charge in [0.1, 0.15) is 5.69 Å². The molecule has 0 saturated heterocycles. The molecule has 0 bridgehead atoms. The van der Waals surface area contributed by atoms with E-state index < -0.39 is 0 Å². The van der Waals surface area contributed by atoms with Crippen LogP contribution in [0.3, 0.4) is 0 Å². The van der Waals surface area contributed by atoms with Crippen LogP contribution in [0, 0.1) is 0 Å². The molecule has 0 aromatic carbocycles. The van der Waals surface area contributed by atoms with Crippen molar-refractivity contribution in [2.75, 3.05) is 6.54 Å². The van der Waals surface area contributed by atoms with E-state index in [1.807, 2.05) is 25.3 Å². The summed E-state index contributed by atoms with van der Waals surface area (Å²) < 4.78 is 1.81. The topological polar surface area (TPSA) is 72.9 Å². The minimum atomic E-state index is -0.200. The molecule has 0 unspecified atom stereocenters. The first kappa shape index (κ1) is 12.7. The van der Waals surface area contributed by atoms with Crippen molar-refractivity contribution in [2.24, 2.45) is 5.73 Å². The van der Waals surface area contributed by atoms with Gasteiger partial charge < -0.3 is 15.6 Å². The number of hydrogen-bond acceptors (Lipinski definition) is 3. The van der Waals surface area contributed by atoms with E-state index in [0.29, 0.717) is 18.8 Å². The van der Waals surface area contributed by atoms with Crippen LogP contribution in [0.2, 0.25) is 0 Å². The molecule has 90 valence electrons. The van der Waals surface area contributed by atoms with Crippen molar-refractivity contribution in [3.8, 4) is 0 Å². The number of nitrogens with one attached hydrogen (secondary N) is 1. The lowest BCUT2D eigenvalue weighted by atomic mass is 10.0. The number of nitrogens with zero attached hydrogens (tertiary/aromatic N) is 2. The Balaban J connectivity index is 2.66. The second kappa shape index (κ2) is 5.12. The Morgan fingerprint density at radius 3 is 2.88 bits per heavy atom. The number of carbonyl (C=O) groups is 1. The lowest BCUT2D eigenvalue weighted by Crippen LogP contribution is -2.42. The zero-order chi connectivity index (χ0) is 12.2. The molecule has 0 aliphatic heterocycles. The van der Waals surface area contributed by atoms with Gasteiger partial charge in [-0.15, -0.1) is 0 Å². The fraction of sp³-hybridized carbons (Fsp3) is 0.636. The molecule has 1 rings (SSSR count). The van der Waals surface area contributed by atoms with E-state index in [-0.39, 0.29) is 11.4 Å². The molecule has 1 aromatic rings. The van der Waals surface area contributed by atoms with Crippen LogP contribution in [0.15, 0.2) is 12.5 Å². The molecular formula is C11H20N4O. The van der Waals surface area contributed by atoms with Crippen molar-refractivity contribution < 1.29 is 4.79 Å². The van der Waals surface area contributed by atoms with E-state index in [0.717, 1.165) is 6.42 Å². The lowest BCUT2D eigenvalue weighted by molar-refractivity contribution is 0.0906. The summed E-state index contributed by atoms with van der Waals surface area (Å²) in [4.78, 5) is 15.9. The smallest absolute Gasteiger partial charge is 0.271 e. The van der Waals surface area contributed by atoms with Crippen LogP contribution in [-0.4, -0.2) is 27.5 Å². The van der Waals surface area contributed by atoms with Crippen LogP contribution in [0.25, 0.3) is 0 Å². The summed E-state index contributed by atoms with van der Waals surface area (Å²) in [5, 5.41) is 2.93. The predicted molar refractivity (Wildman–Crippen MR) is 63.1 cm³/mol. The van der Waals surface area contributed by atoms with Crippen molar-refractivity contribution in [3.63, 3.8) is 0 Å². The third kappa shape index (κ3) is 3.34. The second-order valence-electron chi connectivity index (χ2n) is 4.48. The van der Waals surface area contributed by atoms with Crippen molar-refractivity contribution in [3.05, 3.63) is 18.2 Å². The first-order valence-electron chi connectivity index (χ1n) is 5.53. The van der Waals surface area contributed by atoms with Gasteiger partial charge in [0.15, 0.2) is 0 Å². The quantitative estimate of drug-likeness (QED) is 0.775. The number of imidazole rings is 1. The molecule has 0 fully saturated rings. The molecule has 0 aliphatic rings. The normalized spacial score (nSPS) is 11.5. The summed E-state index contributed by atoms with van der Waals surface area (Å²) in [5.74, 6) is -0.136. The molecule has 1 heterocycles.